The molecule has 0 radical (unpaired) electrons. The molecule has 0 saturated heterocycles. The van der Waals surface area contributed by atoms with E-state index < -0.39 is 0 Å². The SMILES string of the molecule is Cn1cc(CCC(N)C2Cc3ccccc32)cn1. The van der Waals surface area contributed by atoms with Gasteiger partial charge in [0, 0.05) is 25.2 Å². The largest absolute Gasteiger partial charge is 0.327 e. The van der Waals surface area contributed by atoms with Gasteiger partial charge in [0.25, 0.3) is 0 Å². The van der Waals surface area contributed by atoms with Gasteiger partial charge in [-0.15, -0.1) is 0 Å². The molecule has 2 N–H and O–H groups in total. The van der Waals surface area contributed by atoms with E-state index in [1.165, 1.54) is 16.7 Å². The summed E-state index contributed by atoms with van der Waals surface area (Å²) in [5, 5.41) is 4.19. The van der Waals surface area contributed by atoms with Gasteiger partial charge in [0.15, 0.2) is 0 Å². The molecule has 2 unspecified atom stereocenters. The smallest absolute Gasteiger partial charge is 0.0521 e. The second-order valence-electron chi connectivity index (χ2n) is 5.23. The molecule has 94 valence electrons. The minimum atomic E-state index is 0.264. The molecule has 1 aliphatic rings. The van der Waals surface area contributed by atoms with Crippen molar-refractivity contribution in [3.8, 4) is 0 Å². The molecule has 2 aromatic rings. The molecule has 3 nitrogen and oxygen atoms in total. The third-order valence-electron chi connectivity index (χ3n) is 3.94. The molecule has 2 atom stereocenters. The Morgan fingerprint density at radius 2 is 2.28 bits per heavy atom. The van der Waals surface area contributed by atoms with Crippen molar-refractivity contribution in [2.45, 2.75) is 31.2 Å². The quantitative estimate of drug-likeness (QED) is 0.890. The highest BCUT2D eigenvalue weighted by molar-refractivity contribution is 5.41. The van der Waals surface area contributed by atoms with Crippen molar-refractivity contribution in [1.82, 2.24) is 9.78 Å². The van der Waals surface area contributed by atoms with Crippen molar-refractivity contribution < 1.29 is 0 Å². The Morgan fingerprint density at radius 3 is 3.00 bits per heavy atom. The summed E-state index contributed by atoms with van der Waals surface area (Å²) in [6, 6.07) is 8.91. The molecular weight excluding hydrogens is 222 g/mol. The maximum absolute atomic E-state index is 6.32. The summed E-state index contributed by atoms with van der Waals surface area (Å²) in [5.74, 6) is 0.554. The van der Waals surface area contributed by atoms with Crippen molar-refractivity contribution in [3.63, 3.8) is 0 Å². The van der Waals surface area contributed by atoms with Gasteiger partial charge in [-0.25, -0.2) is 0 Å². The van der Waals surface area contributed by atoms with E-state index in [0.29, 0.717) is 5.92 Å². The van der Waals surface area contributed by atoms with Gasteiger partial charge in [-0.1, -0.05) is 24.3 Å². The highest BCUT2D eigenvalue weighted by Gasteiger charge is 2.30. The summed E-state index contributed by atoms with van der Waals surface area (Å²) in [5.41, 5.74) is 10.5. The minimum absolute atomic E-state index is 0.264. The second kappa shape index (κ2) is 4.58. The zero-order valence-electron chi connectivity index (χ0n) is 10.7. The van der Waals surface area contributed by atoms with Crippen molar-refractivity contribution >= 4 is 0 Å². The van der Waals surface area contributed by atoms with E-state index in [2.05, 4.69) is 35.6 Å². The lowest BCUT2D eigenvalue weighted by Gasteiger charge is -2.34. The van der Waals surface area contributed by atoms with Gasteiger partial charge in [-0.05, 0) is 36.0 Å². The average molecular weight is 241 g/mol. The van der Waals surface area contributed by atoms with E-state index in [1.807, 2.05) is 17.9 Å². The van der Waals surface area contributed by atoms with Gasteiger partial charge < -0.3 is 5.73 Å². The molecule has 1 aliphatic carbocycles. The molecule has 1 aromatic heterocycles. The van der Waals surface area contributed by atoms with E-state index in [0.717, 1.165) is 19.3 Å². The third-order valence-corrected chi connectivity index (χ3v) is 3.94. The maximum atomic E-state index is 6.32. The number of aryl methyl sites for hydroxylation is 2. The van der Waals surface area contributed by atoms with Crippen LogP contribution < -0.4 is 5.73 Å². The number of hydrogen-bond donors (Lipinski definition) is 1. The zero-order chi connectivity index (χ0) is 12.5. The summed E-state index contributed by atoms with van der Waals surface area (Å²) in [4.78, 5) is 0. The van der Waals surface area contributed by atoms with E-state index >= 15 is 0 Å². The van der Waals surface area contributed by atoms with E-state index in [4.69, 9.17) is 5.73 Å². The van der Waals surface area contributed by atoms with Crippen LogP contribution in [0.2, 0.25) is 0 Å². The van der Waals surface area contributed by atoms with Crippen LogP contribution in [-0.2, 0) is 19.9 Å². The maximum Gasteiger partial charge on any atom is 0.0521 e. The Morgan fingerprint density at radius 1 is 1.44 bits per heavy atom. The van der Waals surface area contributed by atoms with Gasteiger partial charge in [0.1, 0.15) is 0 Å². The molecule has 0 amide bonds. The van der Waals surface area contributed by atoms with Crippen molar-refractivity contribution in [1.29, 1.82) is 0 Å². The minimum Gasteiger partial charge on any atom is -0.327 e. The molecular formula is C15H19N3. The first kappa shape index (κ1) is 11.5. The molecule has 0 bridgehead atoms. The number of nitrogens with zero attached hydrogens (tertiary/aromatic N) is 2. The first-order valence-electron chi connectivity index (χ1n) is 6.55. The Hall–Kier alpha value is -1.61. The highest BCUT2D eigenvalue weighted by atomic mass is 15.2. The number of hydrogen-bond acceptors (Lipinski definition) is 2. The lowest BCUT2D eigenvalue weighted by Crippen LogP contribution is -2.35. The Kier molecular flexibility index (Phi) is 2.92. The van der Waals surface area contributed by atoms with Crippen molar-refractivity contribution in [2.24, 2.45) is 12.8 Å². The van der Waals surface area contributed by atoms with Crippen LogP contribution in [0.3, 0.4) is 0 Å². The molecule has 0 fully saturated rings. The first-order chi connectivity index (χ1) is 8.74. The van der Waals surface area contributed by atoms with Crippen LogP contribution in [0.5, 0.6) is 0 Å². The summed E-state index contributed by atoms with van der Waals surface area (Å²) >= 11 is 0. The summed E-state index contributed by atoms with van der Waals surface area (Å²) in [6.45, 7) is 0. The number of rotatable bonds is 4. The fraction of sp³-hybridized carbons (Fsp3) is 0.400. The average Bonchev–Trinajstić information content (AvgIpc) is 2.74. The second-order valence-corrected chi connectivity index (χ2v) is 5.23. The molecule has 3 heteroatoms. The molecule has 0 spiro atoms. The summed E-state index contributed by atoms with van der Waals surface area (Å²) in [7, 11) is 1.95. The van der Waals surface area contributed by atoms with Crippen LogP contribution in [0.1, 0.15) is 29.0 Å². The van der Waals surface area contributed by atoms with Crippen molar-refractivity contribution in [2.75, 3.05) is 0 Å². The number of benzene rings is 1. The van der Waals surface area contributed by atoms with Gasteiger partial charge in [0.2, 0.25) is 0 Å². The third kappa shape index (κ3) is 2.06. The number of fused-ring (bicyclic) bond motifs is 1. The van der Waals surface area contributed by atoms with E-state index in [1.54, 1.807) is 0 Å². The topological polar surface area (TPSA) is 43.8 Å². The molecule has 3 rings (SSSR count). The first-order valence-corrected chi connectivity index (χ1v) is 6.55. The van der Waals surface area contributed by atoms with Crippen LogP contribution in [0, 0.1) is 0 Å². The van der Waals surface area contributed by atoms with Crippen LogP contribution >= 0.6 is 0 Å². The monoisotopic (exact) mass is 241 g/mol. The Bertz CT molecular complexity index is 544. The predicted octanol–water partition coefficient (Wildman–Crippen LogP) is 2.02. The van der Waals surface area contributed by atoms with Gasteiger partial charge >= 0.3 is 0 Å². The molecule has 1 aromatic carbocycles. The molecule has 18 heavy (non-hydrogen) atoms. The van der Waals surface area contributed by atoms with Crippen LogP contribution in [-0.4, -0.2) is 15.8 Å². The zero-order valence-corrected chi connectivity index (χ0v) is 10.7. The summed E-state index contributed by atoms with van der Waals surface area (Å²) in [6.07, 6.45) is 7.20. The van der Waals surface area contributed by atoms with Gasteiger partial charge in [0.05, 0.1) is 6.20 Å². The standard InChI is InChI=1S/C15H19N3/c1-18-10-11(9-17-18)6-7-15(16)14-8-12-4-2-3-5-13(12)14/h2-5,9-10,14-15H,6-8,16H2,1H3. The van der Waals surface area contributed by atoms with Crippen LogP contribution in [0.25, 0.3) is 0 Å². The lowest BCUT2D eigenvalue weighted by molar-refractivity contribution is 0.458. The predicted molar refractivity (Wildman–Crippen MR) is 72.4 cm³/mol. The molecule has 0 aliphatic heterocycles. The van der Waals surface area contributed by atoms with E-state index in [9.17, 15) is 0 Å². The van der Waals surface area contributed by atoms with Crippen molar-refractivity contribution in [3.05, 3.63) is 53.3 Å². The molecule has 1 heterocycles. The van der Waals surface area contributed by atoms with Crippen LogP contribution in [0.15, 0.2) is 36.7 Å². The summed E-state index contributed by atoms with van der Waals surface area (Å²) < 4.78 is 1.85. The normalized spacial score (nSPS) is 19.1. The molecule has 0 saturated carbocycles. The fourth-order valence-electron chi connectivity index (χ4n) is 2.82. The Labute approximate surface area is 108 Å². The lowest BCUT2D eigenvalue weighted by atomic mass is 9.72. The van der Waals surface area contributed by atoms with Crippen LogP contribution in [0.4, 0.5) is 0 Å². The number of aromatic nitrogens is 2. The number of nitrogens with two attached hydrogens (primary N) is 1. The van der Waals surface area contributed by atoms with Gasteiger partial charge in [-0.2, -0.15) is 5.10 Å². The Balaban J connectivity index is 1.59. The highest BCUT2D eigenvalue weighted by Crippen LogP contribution is 2.37. The fourth-order valence-corrected chi connectivity index (χ4v) is 2.82. The van der Waals surface area contributed by atoms with Gasteiger partial charge in [-0.3, -0.25) is 4.68 Å². The van der Waals surface area contributed by atoms with E-state index in [-0.39, 0.29) is 6.04 Å².